The number of nitrogens with one attached hydrogen (secondary N) is 1. The second-order valence-electron chi connectivity index (χ2n) is 3.83. The van der Waals surface area contributed by atoms with Crippen molar-refractivity contribution in [3.8, 4) is 0 Å². The lowest BCUT2D eigenvalue weighted by Crippen LogP contribution is -2.04. The molecular weight excluding hydrogens is 346 g/mol. The fourth-order valence-electron chi connectivity index (χ4n) is 1.36. The first-order valence-corrected chi connectivity index (χ1v) is 7.87. The number of hydrogen-bond donors (Lipinski definition) is 1. The molecule has 0 unspecified atom stereocenters. The van der Waals surface area contributed by atoms with E-state index in [1.807, 2.05) is 24.3 Å². The molecule has 1 heterocycles. The Bertz CT molecular complexity index is 548. The molecule has 19 heavy (non-hydrogen) atoms. The van der Waals surface area contributed by atoms with E-state index >= 15 is 0 Å². The first kappa shape index (κ1) is 14.6. The van der Waals surface area contributed by atoms with Gasteiger partial charge in [-0.3, -0.25) is 0 Å². The Kier molecular flexibility index (Phi) is 5.48. The largest absolute Gasteiger partial charge is 0.354 e. The molecule has 2 aromatic rings. The summed E-state index contributed by atoms with van der Waals surface area (Å²) < 4.78 is 0.884. The molecule has 0 aliphatic rings. The summed E-state index contributed by atoms with van der Waals surface area (Å²) in [5.74, 6) is 0.654. The molecule has 100 valence electrons. The van der Waals surface area contributed by atoms with E-state index in [9.17, 15) is 0 Å². The van der Waals surface area contributed by atoms with Crippen molar-refractivity contribution in [3.63, 3.8) is 0 Å². The third kappa shape index (κ3) is 4.37. The number of nitrogens with zero attached hydrogens (tertiary/aromatic N) is 2. The Labute approximate surface area is 130 Å². The van der Waals surface area contributed by atoms with Gasteiger partial charge in [-0.25, -0.2) is 9.97 Å². The van der Waals surface area contributed by atoms with Gasteiger partial charge in [0.1, 0.15) is 5.03 Å². The zero-order valence-electron chi connectivity index (χ0n) is 10.4. The minimum atomic E-state index is 0.654. The second-order valence-corrected chi connectivity index (χ2v) is 6.18. The molecule has 3 nitrogen and oxygen atoms in total. The van der Waals surface area contributed by atoms with Gasteiger partial charge in [0, 0.05) is 22.7 Å². The quantitative estimate of drug-likeness (QED) is 0.774. The third-order valence-corrected chi connectivity index (χ3v) is 4.38. The summed E-state index contributed by atoms with van der Waals surface area (Å²) in [6, 6.07) is 7.69. The maximum atomic E-state index is 5.87. The van der Waals surface area contributed by atoms with Crippen molar-refractivity contribution in [3.05, 3.63) is 40.0 Å². The molecule has 0 bridgehead atoms. The van der Waals surface area contributed by atoms with E-state index in [4.69, 9.17) is 11.6 Å². The highest BCUT2D eigenvalue weighted by molar-refractivity contribution is 9.10. The van der Waals surface area contributed by atoms with Crippen LogP contribution in [-0.2, 0) is 0 Å². The Hall–Kier alpha value is -0.780. The van der Waals surface area contributed by atoms with Crippen molar-refractivity contribution in [1.82, 2.24) is 9.97 Å². The molecule has 1 aromatic heterocycles. The normalized spacial score (nSPS) is 10.5. The first-order valence-electron chi connectivity index (χ1n) is 5.89. The maximum Gasteiger partial charge on any atom is 0.223 e. The van der Waals surface area contributed by atoms with Gasteiger partial charge in [0.05, 0.1) is 4.47 Å². The van der Waals surface area contributed by atoms with Crippen molar-refractivity contribution in [2.75, 3.05) is 11.9 Å². The van der Waals surface area contributed by atoms with Gasteiger partial charge in [0.15, 0.2) is 0 Å². The van der Waals surface area contributed by atoms with Crippen LogP contribution in [0.2, 0.25) is 5.02 Å². The summed E-state index contributed by atoms with van der Waals surface area (Å²) >= 11 is 10.9. The van der Waals surface area contributed by atoms with Crippen LogP contribution in [0.1, 0.15) is 13.3 Å². The first-order chi connectivity index (χ1) is 9.19. The number of benzene rings is 1. The zero-order valence-corrected chi connectivity index (χ0v) is 13.5. The van der Waals surface area contributed by atoms with Crippen LogP contribution in [-0.4, -0.2) is 16.5 Å². The summed E-state index contributed by atoms with van der Waals surface area (Å²) in [6.07, 6.45) is 2.81. The van der Waals surface area contributed by atoms with Crippen molar-refractivity contribution in [1.29, 1.82) is 0 Å². The molecule has 1 aromatic carbocycles. The topological polar surface area (TPSA) is 37.8 Å². The number of halogens is 2. The summed E-state index contributed by atoms with van der Waals surface area (Å²) in [6.45, 7) is 2.97. The summed E-state index contributed by atoms with van der Waals surface area (Å²) in [7, 11) is 0. The second kappa shape index (κ2) is 7.12. The minimum absolute atomic E-state index is 0.654. The number of aromatic nitrogens is 2. The molecule has 0 atom stereocenters. The van der Waals surface area contributed by atoms with Crippen LogP contribution < -0.4 is 5.32 Å². The Morgan fingerprint density at radius 3 is 2.74 bits per heavy atom. The summed E-state index contributed by atoms with van der Waals surface area (Å²) in [5.41, 5.74) is 0. The van der Waals surface area contributed by atoms with Gasteiger partial charge in [-0.2, -0.15) is 0 Å². The van der Waals surface area contributed by atoms with Crippen LogP contribution in [0.5, 0.6) is 0 Å². The van der Waals surface area contributed by atoms with E-state index in [1.54, 1.807) is 18.0 Å². The van der Waals surface area contributed by atoms with Crippen LogP contribution in [0.4, 0.5) is 5.95 Å². The molecule has 0 spiro atoms. The van der Waals surface area contributed by atoms with E-state index in [-0.39, 0.29) is 0 Å². The molecule has 0 saturated heterocycles. The lowest BCUT2D eigenvalue weighted by molar-refractivity contribution is 0.930. The zero-order chi connectivity index (χ0) is 13.7. The molecule has 0 radical (unpaired) electrons. The Morgan fingerprint density at radius 1 is 1.32 bits per heavy atom. The lowest BCUT2D eigenvalue weighted by atomic mass is 10.4. The van der Waals surface area contributed by atoms with Gasteiger partial charge in [0.2, 0.25) is 5.95 Å². The highest BCUT2D eigenvalue weighted by Crippen LogP contribution is 2.32. The van der Waals surface area contributed by atoms with E-state index < -0.39 is 0 Å². The van der Waals surface area contributed by atoms with Crippen molar-refractivity contribution >= 4 is 45.2 Å². The van der Waals surface area contributed by atoms with Crippen molar-refractivity contribution in [2.45, 2.75) is 23.3 Å². The van der Waals surface area contributed by atoms with Gasteiger partial charge in [-0.05, 0) is 46.6 Å². The summed E-state index contributed by atoms with van der Waals surface area (Å²) in [5, 5.41) is 4.80. The molecular formula is C13H13BrClN3S. The van der Waals surface area contributed by atoms with Crippen LogP contribution >= 0.6 is 39.3 Å². The molecule has 0 aliphatic carbocycles. The molecule has 0 aliphatic heterocycles. The van der Waals surface area contributed by atoms with E-state index in [2.05, 4.69) is 38.1 Å². The smallest absolute Gasteiger partial charge is 0.223 e. The lowest BCUT2D eigenvalue weighted by Gasteiger charge is -2.07. The average Bonchev–Trinajstić information content (AvgIpc) is 2.42. The van der Waals surface area contributed by atoms with Gasteiger partial charge in [-0.15, -0.1) is 0 Å². The maximum absolute atomic E-state index is 5.87. The van der Waals surface area contributed by atoms with E-state index in [0.717, 1.165) is 32.4 Å². The molecule has 6 heteroatoms. The number of rotatable bonds is 5. The fourth-order valence-corrected chi connectivity index (χ4v) is 2.70. The Morgan fingerprint density at radius 2 is 2.05 bits per heavy atom. The third-order valence-electron chi connectivity index (χ3n) is 2.27. The van der Waals surface area contributed by atoms with Crippen molar-refractivity contribution < 1.29 is 0 Å². The van der Waals surface area contributed by atoms with E-state index in [0.29, 0.717) is 5.95 Å². The van der Waals surface area contributed by atoms with Crippen LogP contribution in [0.15, 0.2) is 44.9 Å². The molecule has 0 fully saturated rings. The molecule has 1 N–H and O–H groups in total. The van der Waals surface area contributed by atoms with Gasteiger partial charge >= 0.3 is 0 Å². The Balaban J connectivity index is 2.16. The van der Waals surface area contributed by atoms with Gasteiger partial charge in [0.25, 0.3) is 0 Å². The highest BCUT2D eigenvalue weighted by atomic mass is 79.9. The molecule has 0 amide bonds. The number of anilines is 1. The molecule has 2 rings (SSSR count). The number of hydrogen-bond acceptors (Lipinski definition) is 4. The predicted molar refractivity (Wildman–Crippen MR) is 84.1 cm³/mol. The monoisotopic (exact) mass is 357 g/mol. The minimum Gasteiger partial charge on any atom is -0.354 e. The average molecular weight is 359 g/mol. The standard InChI is InChI=1S/C13H13BrClN3S/c1-2-7-16-13-17-8-11(14)12(18-13)19-10-5-3-9(15)4-6-10/h3-6,8H,2,7H2,1H3,(H,16,17,18). The van der Waals surface area contributed by atoms with Gasteiger partial charge in [-0.1, -0.05) is 30.3 Å². The van der Waals surface area contributed by atoms with Crippen LogP contribution in [0, 0.1) is 0 Å². The van der Waals surface area contributed by atoms with E-state index in [1.165, 1.54) is 0 Å². The van der Waals surface area contributed by atoms with Crippen LogP contribution in [0.25, 0.3) is 0 Å². The van der Waals surface area contributed by atoms with Crippen LogP contribution in [0.3, 0.4) is 0 Å². The van der Waals surface area contributed by atoms with Gasteiger partial charge < -0.3 is 5.32 Å². The molecule has 0 saturated carbocycles. The predicted octanol–water partition coefficient (Wildman–Crippen LogP) is 4.87. The van der Waals surface area contributed by atoms with Crippen molar-refractivity contribution in [2.24, 2.45) is 0 Å². The summed E-state index contributed by atoms with van der Waals surface area (Å²) in [4.78, 5) is 9.81. The SMILES string of the molecule is CCCNc1ncc(Br)c(Sc2ccc(Cl)cc2)n1. The highest BCUT2D eigenvalue weighted by Gasteiger charge is 2.07. The fraction of sp³-hybridized carbons (Fsp3) is 0.231.